The van der Waals surface area contributed by atoms with Gasteiger partial charge in [-0.2, -0.15) is 5.10 Å². The Labute approximate surface area is 146 Å². The number of nitrogens with one attached hydrogen (secondary N) is 1. The molecule has 2 heterocycles. The Bertz CT molecular complexity index is 743. The third-order valence-electron chi connectivity index (χ3n) is 4.65. The second kappa shape index (κ2) is 6.96. The third-order valence-corrected chi connectivity index (χ3v) is 4.65. The first-order valence-electron chi connectivity index (χ1n) is 8.65. The molecule has 25 heavy (non-hydrogen) atoms. The number of carbonyl (C=O) groups is 1. The molecule has 0 aliphatic carbocycles. The molecule has 1 fully saturated rings. The van der Waals surface area contributed by atoms with Crippen LogP contribution in [0.3, 0.4) is 0 Å². The van der Waals surface area contributed by atoms with E-state index in [0.29, 0.717) is 36.0 Å². The Morgan fingerprint density at radius 2 is 2.04 bits per heavy atom. The zero-order valence-electron chi connectivity index (χ0n) is 14.6. The zero-order valence-corrected chi connectivity index (χ0v) is 14.6. The van der Waals surface area contributed by atoms with Crippen LogP contribution in [0, 0.1) is 11.7 Å². The molecule has 1 aromatic carbocycles. The van der Waals surface area contributed by atoms with Crippen molar-refractivity contribution >= 4 is 5.91 Å². The van der Waals surface area contributed by atoms with Gasteiger partial charge >= 0.3 is 0 Å². The molecule has 0 atom stereocenters. The lowest BCUT2D eigenvalue weighted by Crippen LogP contribution is -2.40. The third kappa shape index (κ3) is 4.25. The van der Waals surface area contributed by atoms with E-state index < -0.39 is 5.60 Å². The van der Waals surface area contributed by atoms with Gasteiger partial charge in [0, 0.05) is 18.7 Å². The maximum Gasteiger partial charge on any atom is 0.271 e. The van der Waals surface area contributed by atoms with E-state index in [1.165, 1.54) is 6.07 Å². The first-order valence-corrected chi connectivity index (χ1v) is 8.65. The summed E-state index contributed by atoms with van der Waals surface area (Å²) in [6, 6.07) is 7.97. The molecule has 1 amide bonds. The number of aromatic amines is 1. The molecule has 1 aliphatic rings. The van der Waals surface area contributed by atoms with E-state index in [0.717, 1.165) is 19.3 Å². The summed E-state index contributed by atoms with van der Waals surface area (Å²) in [6.45, 7) is 4.96. The summed E-state index contributed by atoms with van der Waals surface area (Å²) in [7, 11) is 0. The minimum Gasteiger partial charge on any atom is -0.390 e. The van der Waals surface area contributed by atoms with Crippen LogP contribution in [-0.4, -0.2) is 44.8 Å². The molecular formula is C19H24FN3O2. The number of halogens is 1. The van der Waals surface area contributed by atoms with Gasteiger partial charge in [0.25, 0.3) is 5.91 Å². The number of aliphatic hydroxyl groups is 1. The number of carbonyl (C=O) groups excluding carboxylic acids is 1. The second-order valence-corrected chi connectivity index (χ2v) is 7.40. The van der Waals surface area contributed by atoms with Crippen molar-refractivity contribution in [3.8, 4) is 11.3 Å². The molecule has 0 saturated carbocycles. The van der Waals surface area contributed by atoms with Gasteiger partial charge in [0.1, 0.15) is 11.5 Å². The average Bonchev–Trinajstić information content (AvgIpc) is 3.03. The van der Waals surface area contributed by atoms with Gasteiger partial charge in [-0.1, -0.05) is 12.1 Å². The Balaban J connectivity index is 1.64. The number of amides is 1. The fourth-order valence-electron chi connectivity index (χ4n) is 3.46. The van der Waals surface area contributed by atoms with E-state index in [9.17, 15) is 14.3 Å². The van der Waals surface area contributed by atoms with Crippen LogP contribution < -0.4 is 0 Å². The smallest absolute Gasteiger partial charge is 0.271 e. The van der Waals surface area contributed by atoms with E-state index in [4.69, 9.17) is 0 Å². The minimum atomic E-state index is -0.672. The molecule has 5 nitrogen and oxygen atoms in total. The fourth-order valence-corrected chi connectivity index (χ4v) is 3.46. The van der Waals surface area contributed by atoms with Crippen LogP contribution in [0.1, 0.15) is 43.6 Å². The van der Waals surface area contributed by atoms with Crippen LogP contribution in [0.4, 0.5) is 4.39 Å². The maximum atomic E-state index is 13.8. The predicted octanol–water partition coefficient (Wildman–Crippen LogP) is 3.23. The number of hydrogen-bond acceptors (Lipinski definition) is 3. The molecule has 1 aliphatic heterocycles. The lowest BCUT2D eigenvalue weighted by molar-refractivity contribution is 0.0357. The molecule has 0 radical (unpaired) electrons. The summed E-state index contributed by atoms with van der Waals surface area (Å²) in [6.07, 6.45) is 2.50. The zero-order chi connectivity index (χ0) is 18.0. The molecule has 1 saturated heterocycles. The van der Waals surface area contributed by atoms with E-state index >= 15 is 0 Å². The average molecular weight is 345 g/mol. The fraction of sp³-hybridized carbons (Fsp3) is 0.474. The lowest BCUT2D eigenvalue weighted by Gasteiger charge is -2.34. The van der Waals surface area contributed by atoms with Gasteiger partial charge in [-0.25, -0.2) is 4.39 Å². The molecular weight excluding hydrogens is 321 g/mol. The van der Waals surface area contributed by atoms with Crippen molar-refractivity contribution < 1.29 is 14.3 Å². The Morgan fingerprint density at radius 3 is 2.68 bits per heavy atom. The highest BCUT2D eigenvalue weighted by atomic mass is 19.1. The van der Waals surface area contributed by atoms with Crippen LogP contribution in [0.5, 0.6) is 0 Å². The van der Waals surface area contributed by atoms with Gasteiger partial charge in [0.2, 0.25) is 0 Å². The second-order valence-electron chi connectivity index (χ2n) is 7.40. The first-order chi connectivity index (χ1) is 11.8. The van der Waals surface area contributed by atoms with Crippen LogP contribution >= 0.6 is 0 Å². The maximum absolute atomic E-state index is 13.8. The van der Waals surface area contributed by atoms with E-state index in [1.807, 2.05) is 13.8 Å². The topological polar surface area (TPSA) is 69.2 Å². The SMILES string of the molecule is CC(C)(O)CC1CCN(C(=O)c2cc(-c3ccccc3F)n[nH]2)CC1. The number of H-pyrrole nitrogens is 1. The normalized spacial score (nSPS) is 16.2. The molecule has 134 valence electrons. The van der Waals surface area contributed by atoms with Crippen molar-refractivity contribution in [1.82, 2.24) is 15.1 Å². The molecule has 0 spiro atoms. The molecule has 0 unspecified atom stereocenters. The summed E-state index contributed by atoms with van der Waals surface area (Å²) in [5.74, 6) is -0.0444. The van der Waals surface area contributed by atoms with Crippen LogP contribution in [0.2, 0.25) is 0 Å². The van der Waals surface area contributed by atoms with Crippen molar-refractivity contribution in [3.63, 3.8) is 0 Å². The Morgan fingerprint density at radius 1 is 1.36 bits per heavy atom. The van der Waals surface area contributed by atoms with Gasteiger partial charge in [0.05, 0.1) is 11.3 Å². The van der Waals surface area contributed by atoms with Gasteiger partial charge < -0.3 is 10.0 Å². The number of piperidine rings is 1. The van der Waals surface area contributed by atoms with Crippen LogP contribution in [0.15, 0.2) is 30.3 Å². The quantitative estimate of drug-likeness (QED) is 0.894. The number of nitrogens with zero attached hydrogens (tertiary/aromatic N) is 2. The van der Waals surface area contributed by atoms with Crippen LogP contribution in [-0.2, 0) is 0 Å². The van der Waals surface area contributed by atoms with Crippen LogP contribution in [0.25, 0.3) is 11.3 Å². The van der Waals surface area contributed by atoms with Gasteiger partial charge in [-0.15, -0.1) is 0 Å². The number of benzene rings is 1. The Hall–Kier alpha value is -2.21. The highest BCUT2D eigenvalue weighted by Crippen LogP contribution is 2.27. The number of aromatic nitrogens is 2. The molecule has 0 bridgehead atoms. The predicted molar refractivity (Wildman–Crippen MR) is 93.5 cm³/mol. The molecule has 2 aromatic rings. The largest absolute Gasteiger partial charge is 0.390 e. The standard InChI is InChI=1S/C19H24FN3O2/c1-19(2,25)12-13-7-9-23(10-8-13)18(24)17-11-16(21-22-17)14-5-3-4-6-15(14)20/h3-6,11,13,25H,7-10,12H2,1-2H3,(H,21,22). The summed E-state index contributed by atoms with van der Waals surface area (Å²) in [4.78, 5) is 14.4. The van der Waals surface area contributed by atoms with Crippen molar-refractivity contribution in [2.75, 3.05) is 13.1 Å². The van der Waals surface area contributed by atoms with E-state index in [-0.39, 0.29) is 11.7 Å². The van der Waals surface area contributed by atoms with Crippen molar-refractivity contribution in [3.05, 3.63) is 41.8 Å². The minimum absolute atomic E-state index is 0.114. The summed E-state index contributed by atoms with van der Waals surface area (Å²) in [5, 5.41) is 16.7. The highest BCUT2D eigenvalue weighted by Gasteiger charge is 2.28. The summed E-state index contributed by atoms with van der Waals surface area (Å²) in [5.41, 5.74) is 0.508. The van der Waals surface area contributed by atoms with Gasteiger partial charge in [-0.3, -0.25) is 9.89 Å². The Kier molecular flexibility index (Phi) is 4.90. The molecule has 3 rings (SSSR count). The molecule has 2 N–H and O–H groups in total. The first kappa shape index (κ1) is 17.6. The van der Waals surface area contributed by atoms with Crippen molar-refractivity contribution in [1.29, 1.82) is 0 Å². The van der Waals surface area contributed by atoms with Gasteiger partial charge in [-0.05, 0) is 57.2 Å². The number of likely N-dealkylation sites (tertiary alicyclic amines) is 1. The van der Waals surface area contributed by atoms with Crippen molar-refractivity contribution in [2.45, 2.75) is 38.7 Å². The van der Waals surface area contributed by atoms with E-state index in [1.54, 1.807) is 29.2 Å². The highest BCUT2D eigenvalue weighted by molar-refractivity contribution is 5.93. The lowest BCUT2D eigenvalue weighted by atomic mass is 9.86. The molecule has 6 heteroatoms. The van der Waals surface area contributed by atoms with E-state index in [2.05, 4.69) is 10.2 Å². The summed E-state index contributed by atoms with van der Waals surface area (Å²) < 4.78 is 13.8. The summed E-state index contributed by atoms with van der Waals surface area (Å²) >= 11 is 0. The molecule has 1 aromatic heterocycles. The van der Waals surface area contributed by atoms with Gasteiger partial charge in [0.15, 0.2) is 0 Å². The monoisotopic (exact) mass is 345 g/mol. The number of rotatable bonds is 4. The number of hydrogen-bond donors (Lipinski definition) is 2. The van der Waals surface area contributed by atoms with Crippen molar-refractivity contribution in [2.24, 2.45) is 5.92 Å².